The van der Waals surface area contributed by atoms with Gasteiger partial charge in [-0.3, -0.25) is 14.4 Å². The van der Waals surface area contributed by atoms with E-state index < -0.39 is 17.4 Å². The van der Waals surface area contributed by atoms with Crippen molar-refractivity contribution in [3.63, 3.8) is 0 Å². The number of aromatic amines is 1. The standard InChI is InChI=1S/C35H44F2N6O4.CH2O2/c1-38-33(45)7-5-25(20-44)39-24-4-6-31(28(36)17-24)43-14-10-26(11-15-43)42-12-8-23(9-13-42)21-47-27-18-29(37)34-30(19-27)40-32(41-35(34)46)16-22-2-3-22;2-1-3/h4,6,17-20,22-23,25-26,39H,2-3,5,7-16,21H2,1H3,(H,38,45)(H,40,41,46);1H,(H,2,3). The number of rotatable bonds is 13. The number of ether oxygens (including phenoxy) is 1. The van der Waals surface area contributed by atoms with Gasteiger partial charge in [-0.05, 0) is 88.1 Å². The summed E-state index contributed by atoms with van der Waals surface area (Å²) in [5.74, 6) is 0.826. The number of halogens is 2. The first-order chi connectivity index (χ1) is 24.2. The topological polar surface area (TPSA) is 157 Å². The number of aldehydes is 1. The Morgan fingerprint density at radius 3 is 2.40 bits per heavy atom. The predicted octanol–water partition coefficient (Wildman–Crippen LogP) is 4.12. The van der Waals surface area contributed by atoms with Gasteiger partial charge in [-0.1, -0.05) is 0 Å². The molecule has 3 heterocycles. The Morgan fingerprint density at radius 1 is 1.04 bits per heavy atom. The van der Waals surface area contributed by atoms with E-state index in [9.17, 15) is 18.8 Å². The first kappa shape index (κ1) is 36.7. The summed E-state index contributed by atoms with van der Waals surface area (Å²) in [6.45, 7) is 3.67. The van der Waals surface area contributed by atoms with E-state index in [0.29, 0.717) is 65.8 Å². The lowest BCUT2D eigenvalue weighted by atomic mass is 9.94. The Balaban J connectivity index is 0.00000156. The van der Waals surface area contributed by atoms with Crippen LogP contribution in [-0.4, -0.2) is 90.6 Å². The maximum absolute atomic E-state index is 15.1. The Kier molecular flexibility index (Phi) is 12.7. The molecule has 0 spiro atoms. The summed E-state index contributed by atoms with van der Waals surface area (Å²) in [5, 5.41) is 12.4. The van der Waals surface area contributed by atoms with Gasteiger partial charge in [0, 0.05) is 56.8 Å². The van der Waals surface area contributed by atoms with E-state index >= 15 is 4.39 Å². The van der Waals surface area contributed by atoms with Gasteiger partial charge in [0.2, 0.25) is 5.91 Å². The molecular weight excluding hydrogens is 650 g/mol. The van der Waals surface area contributed by atoms with E-state index in [1.165, 1.54) is 12.1 Å². The van der Waals surface area contributed by atoms with Crippen molar-refractivity contribution in [2.75, 3.05) is 50.1 Å². The number of likely N-dealkylation sites (tertiary alicyclic amines) is 1. The third-order valence-corrected chi connectivity index (χ3v) is 9.84. The maximum Gasteiger partial charge on any atom is 0.290 e. The van der Waals surface area contributed by atoms with Gasteiger partial charge in [0.15, 0.2) is 0 Å². The van der Waals surface area contributed by atoms with Crippen LogP contribution in [-0.2, 0) is 20.8 Å². The molecule has 0 bridgehead atoms. The van der Waals surface area contributed by atoms with Crippen LogP contribution in [0.5, 0.6) is 5.75 Å². The highest BCUT2D eigenvalue weighted by molar-refractivity contribution is 5.80. The molecule has 1 atom stereocenters. The van der Waals surface area contributed by atoms with Gasteiger partial charge in [-0.2, -0.15) is 0 Å². The van der Waals surface area contributed by atoms with Crippen molar-refractivity contribution < 1.29 is 33.0 Å². The van der Waals surface area contributed by atoms with E-state index in [4.69, 9.17) is 14.6 Å². The van der Waals surface area contributed by atoms with Gasteiger partial charge in [0.05, 0.1) is 23.9 Å². The Bertz CT molecular complexity index is 1690. The van der Waals surface area contributed by atoms with E-state index in [1.54, 1.807) is 25.2 Å². The van der Waals surface area contributed by atoms with Crippen molar-refractivity contribution in [2.24, 2.45) is 11.8 Å². The summed E-state index contributed by atoms with van der Waals surface area (Å²) < 4.78 is 36.0. The molecule has 3 aliphatic rings. The van der Waals surface area contributed by atoms with Crippen molar-refractivity contribution in [3.8, 4) is 5.75 Å². The fourth-order valence-electron chi connectivity index (χ4n) is 6.85. The number of H-pyrrole nitrogens is 1. The minimum atomic E-state index is -0.612. The van der Waals surface area contributed by atoms with E-state index in [0.717, 1.165) is 71.0 Å². The number of fused-ring (bicyclic) bond motifs is 1. The predicted molar refractivity (Wildman–Crippen MR) is 186 cm³/mol. The molecule has 1 amide bonds. The van der Waals surface area contributed by atoms with Crippen molar-refractivity contribution in [1.82, 2.24) is 20.2 Å². The zero-order chi connectivity index (χ0) is 35.6. The molecule has 12 nitrogen and oxygen atoms in total. The summed E-state index contributed by atoms with van der Waals surface area (Å²) in [5.41, 5.74) is 0.970. The zero-order valence-corrected chi connectivity index (χ0v) is 28.3. The van der Waals surface area contributed by atoms with Gasteiger partial charge in [-0.25, -0.2) is 13.8 Å². The number of carbonyl (C=O) groups is 3. The minimum absolute atomic E-state index is 0.0216. The van der Waals surface area contributed by atoms with Gasteiger partial charge in [0.25, 0.3) is 12.0 Å². The normalized spacial score (nSPS) is 17.8. The Hall–Kier alpha value is -4.59. The number of carboxylic acid groups (broad SMARTS) is 1. The van der Waals surface area contributed by atoms with Crippen LogP contribution >= 0.6 is 0 Å². The molecule has 1 unspecified atom stereocenters. The molecule has 3 fully saturated rings. The summed E-state index contributed by atoms with van der Waals surface area (Å²) in [7, 11) is 1.55. The van der Waals surface area contributed by atoms with Crippen molar-refractivity contribution in [2.45, 2.75) is 69.9 Å². The number of hydrogen-bond acceptors (Lipinski definition) is 9. The number of anilines is 2. The molecule has 0 radical (unpaired) electrons. The summed E-state index contributed by atoms with van der Waals surface area (Å²) in [6.07, 6.45) is 8.12. The first-order valence-corrected chi connectivity index (χ1v) is 17.3. The number of benzene rings is 2. The highest BCUT2D eigenvalue weighted by Gasteiger charge is 2.30. The van der Waals surface area contributed by atoms with Gasteiger partial charge >= 0.3 is 0 Å². The van der Waals surface area contributed by atoms with E-state index in [-0.39, 0.29) is 30.0 Å². The number of nitrogens with zero attached hydrogens (tertiary/aromatic N) is 3. The van der Waals surface area contributed by atoms with Crippen molar-refractivity contribution >= 4 is 40.9 Å². The lowest BCUT2D eigenvalue weighted by Gasteiger charge is -2.42. The maximum atomic E-state index is 15.1. The highest BCUT2D eigenvalue weighted by atomic mass is 19.1. The monoisotopic (exact) mass is 696 g/mol. The van der Waals surface area contributed by atoms with Gasteiger partial charge in [-0.15, -0.1) is 0 Å². The fourth-order valence-corrected chi connectivity index (χ4v) is 6.85. The second-order valence-corrected chi connectivity index (χ2v) is 13.3. The molecule has 270 valence electrons. The number of carbonyl (C=O) groups excluding carboxylic acids is 2. The highest BCUT2D eigenvalue weighted by Crippen LogP contribution is 2.32. The lowest BCUT2D eigenvalue weighted by molar-refractivity contribution is -0.123. The average molecular weight is 697 g/mol. The molecule has 1 saturated carbocycles. The van der Waals surface area contributed by atoms with Crippen LogP contribution in [0.3, 0.4) is 0 Å². The van der Waals surface area contributed by atoms with Crippen LogP contribution in [0.15, 0.2) is 35.1 Å². The number of hydrogen-bond donors (Lipinski definition) is 4. The van der Waals surface area contributed by atoms with Crippen molar-refractivity contribution in [3.05, 3.63) is 58.1 Å². The molecule has 1 aliphatic carbocycles. The first-order valence-electron chi connectivity index (χ1n) is 17.3. The Labute approximate surface area is 289 Å². The van der Waals surface area contributed by atoms with E-state index in [2.05, 4.69) is 30.4 Å². The molecule has 14 heteroatoms. The van der Waals surface area contributed by atoms with Crippen LogP contribution in [0.25, 0.3) is 10.9 Å². The molecule has 2 saturated heterocycles. The molecule has 3 aromatic rings. The minimum Gasteiger partial charge on any atom is -0.493 e. The average Bonchev–Trinajstić information content (AvgIpc) is 3.93. The van der Waals surface area contributed by atoms with Crippen LogP contribution < -0.4 is 25.8 Å². The van der Waals surface area contributed by atoms with Gasteiger partial charge < -0.3 is 40.1 Å². The smallest absolute Gasteiger partial charge is 0.290 e. The number of aromatic nitrogens is 2. The second-order valence-electron chi connectivity index (χ2n) is 13.3. The fraction of sp³-hybridized carbons (Fsp3) is 0.528. The number of amides is 1. The quantitative estimate of drug-likeness (QED) is 0.192. The van der Waals surface area contributed by atoms with E-state index in [1.807, 2.05) is 0 Å². The summed E-state index contributed by atoms with van der Waals surface area (Å²) >= 11 is 0. The second kappa shape index (κ2) is 17.4. The summed E-state index contributed by atoms with van der Waals surface area (Å²) in [6, 6.07) is 7.79. The molecule has 2 aromatic carbocycles. The lowest BCUT2D eigenvalue weighted by Crippen LogP contribution is -2.48. The molecule has 50 heavy (non-hydrogen) atoms. The van der Waals surface area contributed by atoms with Crippen LogP contribution in [0.4, 0.5) is 20.2 Å². The molecular formula is C36H46F2N6O6. The molecule has 1 aromatic heterocycles. The summed E-state index contributed by atoms with van der Waals surface area (Å²) in [4.78, 5) is 55.7. The molecule has 4 N–H and O–H groups in total. The SMILES string of the molecule is CNC(=O)CCC(C=O)Nc1ccc(N2CCC(N3CCC(COc4cc(F)c5c(=O)[nH]c(CC6CC6)nc5c4)CC3)CC2)c(F)c1.O=CO. The third-order valence-electron chi connectivity index (χ3n) is 9.84. The van der Waals surface area contributed by atoms with Crippen LogP contribution in [0, 0.1) is 23.5 Å². The third kappa shape index (κ3) is 9.77. The largest absolute Gasteiger partial charge is 0.493 e. The zero-order valence-electron chi connectivity index (χ0n) is 28.3. The Morgan fingerprint density at radius 2 is 1.76 bits per heavy atom. The number of nitrogens with one attached hydrogen (secondary N) is 3. The van der Waals surface area contributed by atoms with Crippen molar-refractivity contribution in [1.29, 1.82) is 0 Å². The molecule has 2 aliphatic heterocycles. The van der Waals surface area contributed by atoms with Gasteiger partial charge in [0.1, 0.15) is 34.9 Å². The van der Waals surface area contributed by atoms with Crippen LogP contribution in [0.1, 0.15) is 57.2 Å². The number of piperidine rings is 2. The molecule has 6 rings (SSSR count). The van der Waals surface area contributed by atoms with Crippen LogP contribution in [0.2, 0.25) is 0 Å².